The lowest BCUT2D eigenvalue weighted by Crippen LogP contribution is -2.53. The maximum atomic E-state index is 14.2. The van der Waals surface area contributed by atoms with Gasteiger partial charge in [-0.25, -0.2) is 8.42 Å². The Morgan fingerprint density at radius 1 is 0.814 bits per heavy atom. The number of benzene rings is 4. The Morgan fingerprint density at radius 3 is 2.00 bits per heavy atom. The molecule has 0 bridgehead atoms. The quantitative estimate of drug-likeness (QED) is 0.224. The molecule has 0 saturated heterocycles. The monoisotopic (exact) mass is 599 g/mol. The van der Waals surface area contributed by atoms with Crippen molar-refractivity contribution in [3.05, 3.63) is 126 Å². The molecule has 0 radical (unpaired) electrons. The molecule has 9 heteroatoms. The number of carbonyl (C=O) groups is 2. The van der Waals surface area contributed by atoms with E-state index in [1.54, 1.807) is 24.3 Å². The van der Waals surface area contributed by atoms with Gasteiger partial charge in [-0.1, -0.05) is 72.8 Å². The maximum absolute atomic E-state index is 14.2. The second-order valence-corrected chi connectivity index (χ2v) is 12.1. The summed E-state index contributed by atoms with van der Waals surface area (Å²) in [6.07, 6.45) is 1.33. The van der Waals surface area contributed by atoms with Crippen molar-refractivity contribution in [3.8, 4) is 11.5 Å². The van der Waals surface area contributed by atoms with Crippen LogP contribution in [-0.2, 0) is 32.6 Å². The van der Waals surface area contributed by atoms with E-state index in [1.807, 2.05) is 98.8 Å². The molecule has 0 saturated carbocycles. The summed E-state index contributed by atoms with van der Waals surface area (Å²) in [6, 6.07) is 32.0. The number of amides is 2. The van der Waals surface area contributed by atoms with E-state index in [4.69, 9.17) is 4.74 Å². The fourth-order valence-corrected chi connectivity index (χ4v) is 5.59. The molecule has 0 aliphatic rings. The molecule has 0 unspecified atom stereocenters. The minimum Gasteiger partial charge on any atom is -0.457 e. The van der Waals surface area contributed by atoms with Crippen molar-refractivity contribution in [2.45, 2.75) is 32.9 Å². The second kappa shape index (κ2) is 14.5. The number of hydrogen-bond acceptors (Lipinski definition) is 5. The Hall–Kier alpha value is -4.63. The summed E-state index contributed by atoms with van der Waals surface area (Å²) < 4.78 is 32.9. The lowest BCUT2D eigenvalue weighted by atomic mass is 10.0. The van der Waals surface area contributed by atoms with Crippen LogP contribution in [0.4, 0.5) is 5.69 Å². The first-order valence-electron chi connectivity index (χ1n) is 14.1. The molecule has 4 aromatic carbocycles. The van der Waals surface area contributed by atoms with Crippen molar-refractivity contribution >= 4 is 27.5 Å². The van der Waals surface area contributed by atoms with Gasteiger partial charge in [0, 0.05) is 19.5 Å². The van der Waals surface area contributed by atoms with Gasteiger partial charge in [0.15, 0.2) is 0 Å². The number of aryl methyl sites for hydroxylation is 1. The summed E-state index contributed by atoms with van der Waals surface area (Å²) in [5, 5.41) is 2.86. The van der Waals surface area contributed by atoms with Gasteiger partial charge in [0.25, 0.3) is 0 Å². The molecule has 224 valence electrons. The average Bonchev–Trinajstić information content (AvgIpc) is 2.99. The number of sulfonamides is 1. The molecule has 0 heterocycles. The molecule has 4 rings (SSSR count). The Bertz CT molecular complexity index is 1610. The highest BCUT2D eigenvalue weighted by molar-refractivity contribution is 7.92. The summed E-state index contributed by atoms with van der Waals surface area (Å²) in [7, 11) is -3.87. The van der Waals surface area contributed by atoms with E-state index in [2.05, 4.69) is 5.32 Å². The predicted molar refractivity (Wildman–Crippen MR) is 169 cm³/mol. The third kappa shape index (κ3) is 8.68. The zero-order valence-corrected chi connectivity index (χ0v) is 25.5. The van der Waals surface area contributed by atoms with E-state index in [0.29, 0.717) is 23.7 Å². The minimum atomic E-state index is -3.87. The van der Waals surface area contributed by atoms with Gasteiger partial charge in [0.05, 0.1) is 11.9 Å². The molecular formula is C34H37N3O5S. The van der Waals surface area contributed by atoms with Crippen LogP contribution in [0.15, 0.2) is 109 Å². The van der Waals surface area contributed by atoms with Gasteiger partial charge in [0.1, 0.15) is 24.1 Å². The Labute approximate surface area is 254 Å². The van der Waals surface area contributed by atoms with Crippen molar-refractivity contribution < 1.29 is 22.7 Å². The van der Waals surface area contributed by atoms with Gasteiger partial charge in [-0.3, -0.25) is 13.9 Å². The van der Waals surface area contributed by atoms with Crippen LogP contribution < -0.4 is 14.4 Å². The molecular weight excluding hydrogens is 562 g/mol. The third-order valence-corrected chi connectivity index (χ3v) is 8.15. The predicted octanol–water partition coefficient (Wildman–Crippen LogP) is 5.33. The van der Waals surface area contributed by atoms with Crippen LogP contribution in [0.3, 0.4) is 0 Å². The van der Waals surface area contributed by atoms with Crippen molar-refractivity contribution in [1.82, 2.24) is 10.2 Å². The lowest BCUT2D eigenvalue weighted by Gasteiger charge is -2.33. The van der Waals surface area contributed by atoms with Crippen LogP contribution >= 0.6 is 0 Å². The number of para-hydroxylation sites is 1. The molecule has 1 atom stereocenters. The van der Waals surface area contributed by atoms with Crippen LogP contribution in [0, 0.1) is 6.92 Å². The molecule has 0 aliphatic carbocycles. The number of nitrogens with zero attached hydrogens (tertiary/aromatic N) is 2. The van der Waals surface area contributed by atoms with Gasteiger partial charge in [0.2, 0.25) is 21.8 Å². The van der Waals surface area contributed by atoms with Gasteiger partial charge in [-0.05, 0) is 66.9 Å². The standard InChI is InChI=1S/C34H37N3O5S/c1-4-35-34(39)32(23-27-14-7-5-8-15-27)36(24-28-16-12-11-13-26(28)2)33(38)25-37(43(3,40)41)29-19-21-31(22-20-29)42-30-17-9-6-10-18-30/h5-22,32H,4,23-25H2,1-3H3,(H,35,39)/t32-/m1/s1. The molecule has 8 nitrogen and oxygen atoms in total. The van der Waals surface area contributed by atoms with Crippen LogP contribution in [0.1, 0.15) is 23.6 Å². The molecule has 1 N–H and O–H groups in total. The zero-order valence-electron chi connectivity index (χ0n) is 24.6. The topological polar surface area (TPSA) is 96.0 Å². The van der Waals surface area contributed by atoms with E-state index < -0.39 is 28.5 Å². The first kappa shape index (κ1) is 31.3. The molecule has 43 heavy (non-hydrogen) atoms. The summed E-state index contributed by atoms with van der Waals surface area (Å²) in [5.74, 6) is 0.370. The van der Waals surface area contributed by atoms with E-state index in [9.17, 15) is 18.0 Å². The first-order chi connectivity index (χ1) is 20.7. The minimum absolute atomic E-state index is 0.140. The van der Waals surface area contributed by atoms with Crippen LogP contribution in [0.5, 0.6) is 11.5 Å². The SMILES string of the molecule is CCNC(=O)[C@@H](Cc1ccccc1)N(Cc1ccccc1C)C(=O)CN(c1ccc(Oc2ccccc2)cc1)S(C)(=O)=O. The molecule has 2 amide bonds. The summed E-state index contributed by atoms with van der Waals surface area (Å²) >= 11 is 0. The van der Waals surface area contributed by atoms with Crippen molar-refractivity contribution in [1.29, 1.82) is 0 Å². The van der Waals surface area contributed by atoms with E-state index in [-0.39, 0.29) is 18.9 Å². The number of anilines is 1. The number of nitrogens with one attached hydrogen (secondary N) is 1. The number of rotatable bonds is 13. The molecule has 0 aliphatic heterocycles. The fraction of sp³-hybridized carbons (Fsp3) is 0.235. The largest absolute Gasteiger partial charge is 0.457 e. The van der Waals surface area contributed by atoms with E-state index >= 15 is 0 Å². The van der Waals surface area contributed by atoms with Crippen LogP contribution in [0.2, 0.25) is 0 Å². The van der Waals surface area contributed by atoms with Crippen molar-refractivity contribution in [2.24, 2.45) is 0 Å². The number of carbonyl (C=O) groups excluding carboxylic acids is 2. The smallest absolute Gasteiger partial charge is 0.244 e. The van der Waals surface area contributed by atoms with Gasteiger partial charge < -0.3 is 15.0 Å². The highest BCUT2D eigenvalue weighted by Gasteiger charge is 2.33. The summed E-state index contributed by atoms with van der Waals surface area (Å²) in [6.45, 7) is 3.82. The fourth-order valence-electron chi connectivity index (χ4n) is 4.74. The average molecular weight is 600 g/mol. The van der Waals surface area contributed by atoms with Crippen LogP contribution in [-0.4, -0.2) is 50.5 Å². The summed E-state index contributed by atoms with van der Waals surface area (Å²) in [5.41, 5.74) is 3.02. The highest BCUT2D eigenvalue weighted by Crippen LogP contribution is 2.26. The molecule has 4 aromatic rings. The number of hydrogen-bond donors (Lipinski definition) is 1. The molecule has 0 aromatic heterocycles. The molecule has 0 fully saturated rings. The van der Waals surface area contributed by atoms with E-state index in [1.165, 1.54) is 4.90 Å². The Kier molecular flexibility index (Phi) is 10.6. The number of likely N-dealkylation sites (N-methyl/N-ethyl adjacent to an activating group) is 1. The second-order valence-electron chi connectivity index (χ2n) is 10.2. The third-order valence-electron chi connectivity index (χ3n) is 7.01. The Morgan fingerprint density at radius 2 is 1.40 bits per heavy atom. The number of ether oxygens (including phenoxy) is 1. The van der Waals surface area contributed by atoms with E-state index in [0.717, 1.165) is 27.3 Å². The normalized spacial score (nSPS) is 11.8. The lowest BCUT2D eigenvalue weighted by molar-refractivity contribution is -0.140. The molecule has 0 spiro atoms. The van der Waals surface area contributed by atoms with Gasteiger partial charge >= 0.3 is 0 Å². The van der Waals surface area contributed by atoms with Gasteiger partial charge in [-0.15, -0.1) is 0 Å². The highest BCUT2D eigenvalue weighted by atomic mass is 32.2. The van der Waals surface area contributed by atoms with Crippen molar-refractivity contribution in [2.75, 3.05) is 23.7 Å². The van der Waals surface area contributed by atoms with Gasteiger partial charge in [-0.2, -0.15) is 0 Å². The van der Waals surface area contributed by atoms with Crippen molar-refractivity contribution in [3.63, 3.8) is 0 Å². The Balaban J connectivity index is 1.67. The first-order valence-corrected chi connectivity index (χ1v) is 16.0. The zero-order chi connectivity index (χ0) is 30.8. The maximum Gasteiger partial charge on any atom is 0.244 e. The summed E-state index contributed by atoms with van der Waals surface area (Å²) in [4.78, 5) is 29.1. The van der Waals surface area contributed by atoms with Crippen LogP contribution in [0.25, 0.3) is 0 Å².